The van der Waals surface area contributed by atoms with Crippen molar-refractivity contribution in [3.63, 3.8) is 0 Å². The molecule has 24 heavy (non-hydrogen) atoms. The number of hydrogen-bond acceptors (Lipinski definition) is 4. The second kappa shape index (κ2) is 6.98. The van der Waals surface area contributed by atoms with Crippen molar-refractivity contribution >= 4 is 11.8 Å². The van der Waals surface area contributed by atoms with Crippen LogP contribution in [0.4, 0.5) is 22.0 Å². The standard InChI is InChI=1S/C15H12F5NO3/c1-2-24-15(23)7(5-21-6-3-4-6)14(22)8-9(16)11(18)13(20)12(19)10(8)17/h5-6,21H,2-4H2,1H3/b7-5+. The van der Waals surface area contributed by atoms with Gasteiger partial charge in [-0.2, -0.15) is 0 Å². The van der Waals surface area contributed by atoms with Gasteiger partial charge in [0.1, 0.15) is 11.1 Å². The summed E-state index contributed by atoms with van der Waals surface area (Å²) < 4.78 is 71.6. The average molecular weight is 349 g/mol. The highest BCUT2D eigenvalue weighted by Gasteiger charge is 2.34. The summed E-state index contributed by atoms with van der Waals surface area (Å²) in [4.78, 5) is 24.0. The minimum absolute atomic E-state index is 0.0291. The Labute approximate surface area is 133 Å². The maximum absolute atomic E-state index is 13.7. The Hall–Kier alpha value is -2.45. The molecule has 1 aromatic carbocycles. The number of benzene rings is 1. The van der Waals surface area contributed by atoms with Crippen LogP contribution in [0.25, 0.3) is 0 Å². The van der Waals surface area contributed by atoms with Crippen molar-refractivity contribution in [2.75, 3.05) is 6.61 Å². The van der Waals surface area contributed by atoms with Crippen LogP contribution in [0.2, 0.25) is 0 Å². The number of nitrogens with one attached hydrogen (secondary N) is 1. The number of esters is 1. The summed E-state index contributed by atoms with van der Waals surface area (Å²) in [5, 5.41) is 2.64. The zero-order chi connectivity index (χ0) is 18.0. The molecule has 1 saturated carbocycles. The molecule has 1 fully saturated rings. The molecule has 0 amide bonds. The molecule has 0 unspecified atom stereocenters. The Balaban J connectivity index is 2.50. The quantitative estimate of drug-likeness (QED) is 0.125. The molecule has 0 aromatic heterocycles. The number of ether oxygens (including phenoxy) is 1. The summed E-state index contributed by atoms with van der Waals surface area (Å²) in [6, 6.07) is -0.0291. The van der Waals surface area contributed by atoms with E-state index < -0.39 is 52.0 Å². The molecule has 1 aromatic rings. The van der Waals surface area contributed by atoms with Gasteiger partial charge in [-0.3, -0.25) is 4.79 Å². The number of carbonyl (C=O) groups is 2. The number of carbonyl (C=O) groups excluding carboxylic acids is 2. The second-order valence-corrected chi connectivity index (χ2v) is 4.99. The van der Waals surface area contributed by atoms with Gasteiger partial charge < -0.3 is 10.1 Å². The molecule has 0 heterocycles. The van der Waals surface area contributed by atoms with Crippen molar-refractivity contribution in [1.29, 1.82) is 0 Å². The highest BCUT2D eigenvalue weighted by Crippen LogP contribution is 2.26. The second-order valence-electron chi connectivity index (χ2n) is 4.99. The number of ketones is 1. The lowest BCUT2D eigenvalue weighted by Crippen LogP contribution is -2.23. The van der Waals surface area contributed by atoms with Gasteiger partial charge in [-0.05, 0) is 19.8 Å². The van der Waals surface area contributed by atoms with E-state index >= 15 is 0 Å². The minimum atomic E-state index is -2.39. The maximum Gasteiger partial charge on any atom is 0.343 e. The number of rotatable bonds is 6. The van der Waals surface area contributed by atoms with Crippen LogP contribution in [0, 0.1) is 29.1 Å². The number of halogens is 5. The van der Waals surface area contributed by atoms with Crippen molar-refractivity contribution in [3.8, 4) is 0 Å². The summed E-state index contributed by atoms with van der Waals surface area (Å²) >= 11 is 0. The summed E-state index contributed by atoms with van der Waals surface area (Å²) in [5.74, 6) is -14.4. The molecule has 0 atom stereocenters. The predicted molar refractivity (Wildman–Crippen MR) is 71.4 cm³/mol. The highest BCUT2D eigenvalue weighted by atomic mass is 19.2. The normalized spacial score (nSPS) is 14.5. The van der Waals surface area contributed by atoms with Crippen molar-refractivity contribution in [1.82, 2.24) is 5.32 Å². The third-order valence-electron chi connectivity index (χ3n) is 3.22. The van der Waals surface area contributed by atoms with Gasteiger partial charge in [-0.1, -0.05) is 0 Å². The Morgan fingerprint density at radius 2 is 1.54 bits per heavy atom. The molecule has 1 aliphatic rings. The minimum Gasteiger partial charge on any atom is -0.462 e. The largest absolute Gasteiger partial charge is 0.462 e. The fraction of sp³-hybridized carbons (Fsp3) is 0.333. The lowest BCUT2D eigenvalue weighted by Gasteiger charge is -2.10. The van der Waals surface area contributed by atoms with Gasteiger partial charge in [0, 0.05) is 12.2 Å². The van der Waals surface area contributed by atoms with E-state index in [4.69, 9.17) is 0 Å². The van der Waals surface area contributed by atoms with Gasteiger partial charge in [-0.15, -0.1) is 0 Å². The molecular formula is C15H12F5NO3. The first-order chi connectivity index (χ1) is 11.3. The summed E-state index contributed by atoms with van der Waals surface area (Å²) in [6.45, 7) is 1.27. The highest BCUT2D eigenvalue weighted by molar-refractivity contribution is 6.24. The van der Waals surface area contributed by atoms with Crippen molar-refractivity contribution < 1.29 is 36.3 Å². The van der Waals surface area contributed by atoms with Crippen molar-refractivity contribution in [3.05, 3.63) is 46.4 Å². The van der Waals surface area contributed by atoms with E-state index in [0.717, 1.165) is 19.0 Å². The fourth-order valence-corrected chi connectivity index (χ4v) is 1.82. The predicted octanol–water partition coefficient (Wildman–Crippen LogP) is 2.76. The molecule has 0 spiro atoms. The van der Waals surface area contributed by atoms with E-state index in [1.54, 1.807) is 0 Å². The first kappa shape index (κ1) is 17.9. The summed E-state index contributed by atoms with van der Waals surface area (Å²) in [7, 11) is 0. The molecule has 130 valence electrons. The van der Waals surface area contributed by atoms with E-state index in [9.17, 15) is 31.5 Å². The monoisotopic (exact) mass is 349 g/mol. The van der Waals surface area contributed by atoms with Gasteiger partial charge in [0.05, 0.1) is 6.61 Å². The molecule has 0 bridgehead atoms. The zero-order valence-electron chi connectivity index (χ0n) is 12.4. The van der Waals surface area contributed by atoms with Crippen LogP contribution in [0.1, 0.15) is 30.1 Å². The molecule has 2 rings (SSSR count). The molecule has 1 N–H and O–H groups in total. The third-order valence-corrected chi connectivity index (χ3v) is 3.22. The SMILES string of the molecule is CCOC(=O)/C(=C/NC1CC1)C(=O)c1c(F)c(F)c(F)c(F)c1F. The molecule has 1 aliphatic carbocycles. The Bertz CT molecular complexity index is 699. The fourth-order valence-electron chi connectivity index (χ4n) is 1.82. The molecule has 0 radical (unpaired) electrons. The zero-order valence-corrected chi connectivity index (χ0v) is 12.4. The Morgan fingerprint density at radius 3 is 2.00 bits per heavy atom. The average Bonchev–Trinajstić information content (AvgIpc) is 3.36. The first-order valence-electron chi connectivity index (χ1n) is 6.99. The van der Waals surface area contributed by atoms with E-state index in [1.807, 2.05) is 0 Å². The van der Waals surface area contributed by atoms with Gasteiger partial charge in [0.2, 0.25) is 11.6 Å². The molecule has 9 heteroatoms. The van der Waals surface area contributed by atoms with Crippen LogP contribution in [-0.2, 0) is 9.53 Å². The van der Waals surface area contributed by atoms with Gasteiger partial charge >= 0.3 is 5.97 Å². The maximum atomic E-state index is 13.7. The Morgan fingerprint density at radius 1 is 1.04 bits per heavy atom. The Kier molecular flexibility index (Phi) is 5.20. The summed E-state index contributed by atoms with van der Waals surface area (Å²) in [6.07, 6.45) is 2.38. The van der Waals surface area contributed by atoms with Crippen LogP contribution in [-0.4, -0.2) is 24.4 Å². The number of hydrogen-bond donors (Lipinski definition) is 1. The molecule has 0 saturated heterocycles. The van der Waals surface area contributed by atoms with Gasteiger partial charge in [-0.25, -0.2) is 26.7 Å². The third kappa shape index (κ3) is 3.39. The van der Waals surface area contributed by atoms with Gasteiger partial charge in [0.15, 0.2) is 23.3 Å². The van der Waals surface area contributed by atoms with Crippen molar-refractivity contribution in [2.24, 2.45) is 0 Å². The van der Waals surface area contributed by atoms with Crippen molar-refractivity contribution in [2.45, 2.75) is 25.8 Å². The topological polar surface area (TPSA) is 55.4 Å². The van der Waals surface area contributed by atoms with Crippen LogP contribution < -0.4 is 5.32 Å². The van der Waals surface area contributed by atoms with E-state index in [2.05, 4.69) is 10.1 Å². The van der Waals surface area contributed by atoms with E-state index in [0.29, 0.717) is 0 Å². The summed E-state index contributed by atoms with van der Waals surface area (Å²) in [5.41, 5.74) is -2.56. The first-order valence-corrected chi connectivity index (χ1v) is 6.99. The van der Waals surface area contributed by atoms with Crippen LogP contribution >= 0.6 is 0 Å². The lowest BCUT2D eigenvalue weighted by atomic mass is 10.0. The van der Waals surface area contributed by atoms with E-state index in [-0.39, 0.29) is 12.6 Å². The van der Waals surface area contributed by atoms with Crippen LogP contribution in [0.15, 0.2) is 11.8 Å². The number of Topliss-reactive ketones (excluding diaryl/α,β-unsaturated/α-hetero) is 1. The lowest BCUT2D eigenvalue weighted by molar-refractivity contribution is -0.138. The molecule has 0 aliphatic heterocycles. The molecular weight excluding hydrogens is 337 g/mol. The smallest absolute Gasteiger partial charge is 0.343 e. The van der Waals surface area contributed by atoms with E-state index in [1.165, 1.54) is 6.92 Å². The van der Waals surface area contributed by atoms with Crippen LogP contribution in [0.5, 0.6) is 0 Å². The van der Waals surface area contributed by atoms with Crippen LogP contribution in [0.3, 0.4) is 0 Å². The van der Waals surface area contributed by atoms with Gasteiger partial charge in [0.25, 0.3) is 0 Å². The molecule has 4 nitrogen and oxygen atoms in total.